The summed E-state index contributed by atoms with van der Waals surface area (Å²) in [5.41, 5.74) is 1.82. The molecule has 3 heterocycles. The molecule has 5 rings (SSSR count). The second-order valence-electron chi connectivity index (χ2n) is 7.96. The van der Waals surface area contributed by atoms with Gasteiger partial charge in [-0.1, -0.05) is 24.3 Å². The smallest absolute Gasteiger partial charge is 0.225 e. The molecule has 7 nitrogen and oxygen atoms in total. The SMILES string of the molecule is OC(c1ccc(-c2cnco2)cc1)N(C1CC1)C1CCN(c2ncc(F)cn2)CC1. The highest BCUT2D eigenvalue weighted by molar-refractivity contribution is 5.56. The predicted octanol–water partition coefficient (Wildman–Crippen LogP) is 3.40. The standard InChI is InChI=1S/C22H24FN5O2/c23-17-11-25-22(26-12-17)27-9-7-19(8-10-27)28(18-5-6-18)21(29)16-3-1-15(2-4-16)20-13-24-14-30-20/h1-4,11-14,18-19,21,29H,5-10H2. The molecule has 0 bridgehead atoms. The molecule has 0 radical (unpaired) electrons. The molecule has 2 aromatic heterocycles. The van der Waals surface area contributed by atoms with Gasteiger partial charge in [-0.25, -0.2) is 19.3 Å². The van der Waals surface area contributed by atoms with E-state index < -0.39 is 12.0 Å². The fourth-order valence-corrected chi connectivity index (χ4v) is 4.25. The summed E-state index contributed by atoms with van der Waals surface area (Å²) in [5, 5.41) is 11.2. The van der Waals surface area contributed by atoms with E-state index in [-0.39, 0.29) is 6.04 Å². The molecule has 0 amide bonds. The first-order valence-electron chi connectivity index (χ1n) is 10.4. The van der Waals surface area contributed by atoms with E-state index in [0.29, 0.717) is 17.8 Å². The Kier molecular flexibility index (Phi) is 5.18. The molecule has 1 unspecified atom stereocenters. The summed E-state index contributed by atoms with van der Waals surface area (Å²) in [7, 11) is 0. The van der Waals surface area contributed by atoms with E-state index in [0.717, 1.165) is 49.9 Å². The molecule has 1 N–H and O–H groups in total. The van der Waals surface area contributed by atoms with Crippen molar-refractivity contribution in [2.45, 2.75) is 44.0 Å². The van der Waals surface area contributed by atoms with Crippen LogP contribution in [0.4, 0.5) is 10.3 Å². The van der Waals surface area contributed by atoms with Crippen LogP contribution in [0.2, 0.25) is 0 Å². The number of aliphatic hydroxyl groups is 1. The third-order valence-electron chi connectivity index (χ3n) is 5.95. The Hall–Kier alpha value is -2.84. The molecule has 8 heteroatoms. The third-order valence-corrected chi connectivity index (χ3v) is 5.95. The zero-order valence-electron chi connectivity index (χ0n) is 16.6. The molecule has 1 aliphatic heterocycles. The van der Waals surface area contributed by atoms with Crippen molar-refractivity contribution in [2.75, 3.05) is 18.0 Å². The normalized spacial score (nSPS) is 18.7. The first-order valence-corrected chi connectivity index (χ1v) is 10.4. The van der Waals surface area contributed by atoms with Crippen molar-refractivity contribution in [3.8, 4) is 11.3 Å². The lowest BCUT2D eigenvalue weighted by Crippen LogP contribution is -2.47. The summed E-state index contributed by atoms with van der Waals surface area (Å²) in [6.07, 6.45) is 8.92. The Balaban J connectivity index is 1.27. The molecule has 156 valence electrons. The quantitative estimate of drug-likeness (QED) is 0.625. The topological polar surface area (TPSA) is 78.5 Å². The summed E-state index contributed by atoms with van der Waals surface area (Å²) < 4.78 is 18.4. The lowest BCUT2D eigenvalue weighted by molar-refractivity contribution is -0.0403. The van der Waals surface area contributed by atoms with Crippen molar-refractivity contribution in [1.29, 1.82) is 0 Å². The number of hydrogen-bond donors (Lipinski definition) is 1. The maximum absolute atomic E-state index is 13.1. The number of anilines is 1. The van der Waals surface area contributed by atoms with Crippen LogP contribution in [0.15, 0.2) is 53.7 Å². The van der Waals surface area contributed by atoms with Gasteiger partial charge < -0.3 is 14.4 Å². The first-order chi connectivity index (χ1) is 14.7. The molecule has 2 fully saturated rings. The second kappa shape index (κ2) is 8.12. The average molecular weight is 409 g/mol. The largest absolute Gasteiger partial charge is 0.444 e. The van der Waals surface area contributed by atoms with Crippen molar-refractivity contribution in [3.05, 3.63) is 60.6 Å². The number of piperidine rings is 1. The number of hydrogen-bond acceptors (Lipinski definition) is 7. The monoisotopic (exact) mass is 409 g/mol. The van der Waals surface area contributed by atoms with Gasteiger partial charge in [0.05, 0.1) is 18.6 Å². The van der Waals surface area contributed by atoms with Gasteiger partial charge in [-0.15, -0.1) is 0 Å². The summed E-state index contributed by atoms with van der Waals surface area (Å²) in [6.45, 7) is 1.58. The molecule has 1 saturated heterocycles. The zero-order valence-corrected chi connectivity index (χ0v) is 16.6. The number of oxazole rings is 1. The fraction of sp³-hybridized carbons (Fsp3) is 0.409. The minimum atomic E-state index is -0.639. The maximum atomic E-state index is 13.1. The molecule has 1 atom stereocenters. The highest BCUT2D eigenvalue weighted by Crippen LogP contribution is 2.38. The van der Waals surface area contributed by atoms with Gasteiger partial charge in [0.25, 0.3) is 0 Å². The van der Waals surface area contributed by atoms with Gasteiger partial charge in [-0.2, -0.15) is 0 Å². The Bertz CT molecular complexity index is 952. The van der Waals surface area contributed by atoms with Crippen LogP contribution in [0, 0.1) is 5.82 Å². The van der Waals surface area contributed by atoms with E-state index in [2.05, 4.69) is 24.8 Å². The molecule has 2 aliphatic rings. The minimum absolute atomic E-state index is 0.290. The maximum Gasteiger partial charge on any atom is 0.225 e. The van der Waals surface area contributed by atoms with Gasteiger partial charge in [-0.05, 0) is 31.2 Å². The van der Waals surface area contributed by atoms with E-state index in [9.17, 15) is 9.50 Å². The van der Waals surface area contributed by atoms with Crippen LogP contribution in [-0.2, 0) is 0 Å². The molecule has 30 heavy (non-hydrogen) atoms. The Morgan fingerprint density at radius 2 is 1.67 bits per heavy atom. The summed E-state index contributed by atoms with van der Waals surface area (Å²) in [4.78, 5) is 16.5. The first kappa shape index (κ1) is 19.1. The van der Waals surface area contributed by atoms with E-state index in [4.69, 9.17) is 4.42 Å². The summed E-state index contributed by atoms with van der Waals surface area (Å²) in [5.74, 6) is 0.854. The van der Waals surface area contributed by atoms with E-state index in [1.165, 1.54) is 18.8 Å². The van der Waals surface area contributed by atoms with Crippen molar-refractivity contribution in [2.24, 2.45) is 0 Å². The Labute approximate surface area is 174 Å². The lowest BCUT2D eigenvalue weighted by atomic mass is 10.0. The van der Waals surface area contributed by atoms with Gasteiger partial charge in [0.15, 0.2) is 18.0 Å². The molecule has 3 aromatic rings. The van der Waals surface area contributed by atoms with Crippen LogP contribution < -0.4 is 4.90 Å². The van der Waals surface area contributed by atoms with E-state index in [1.807, 2.05) is 24.3 Å². The Morgan fingerprint density at radius 3 is 2.27 bits per heavy atom. The van der Waals surface area contributed by atoms with Crippen LogP contribution >= 0.6 is 0 Å². The van der Waals surface area contributed by atoms with E-state index >= 15 is 0 Å². The molecule has 0 spiro atoms. The van der Waals surface area contributed by atoms with Crippen LogP contribution in [0.5, 0.6) is 0 Å². The van der Waals surface area contributed by atoms with Crippen molar-refractivity contribution in [1.82, 2.24) is 19.9 Å². The Morgan fingerprint density at radius 1 is 1.00 bits per heavy atom. The highest BCUT2D eigenvalue weighted by Gasteiger charge is 2.39. The van der Waals surface area contributed by atoms with Crippen molar-refractivity contribution < 1.29 is 13.9 Å². The van der Waals surface area contributed by atoms with Gasteiger partial charge >= 0.3 is 0 Å². The predicted molar refractivity (Wildman–Crippen MR) is 109 cm³/mol. The number of benzene rings is 1. The van der Waals surface area contributed by atoms with Gasteiger partial charge in [0, 0.05) is 30.7 Å². The number of rotatable bonds is 6. The number of halogens is 1. The van der Waals surface area contributed by atoms with Crippen LogP contribution in [0.1, 0.15) is 37.5 Å². The van der Waals surface area contributed by atoms with Crippen molar-refractivity contribution >= 4 is 5.95 Å². The molecular formula is C22H24FN5O2. The van der Waals surface area contributed by atoms with Crippen molar-refractivity contribution in [3.63, 3.8) is 0 Å². The number of aromatic nitrogens is 3. The fourth-order valence-electron chi connectivity index (χ4n) is 4.25. The van der Waals surface area contributed by atoms with Gasteiger partial charge in [-0.3, -0.25) is 4.90 Å². The van der Waals surface area contributed by atoms with Gasteiger partial charge in [0.2, 0.25) is 5.95 Å². The molecular weight excluding hydrogens is 385 g/mol. The van der Waals surface area contributed by atoms with E-state index in [1.54, 1.807) is 6.20 Å². The average Bonchev–Trinajstić information content (AvgIpc) is 3.46. The van der Waals surface area contributed by atoms with Crippen LogP contribution in [0.3, 0.4) is 0 Å². The highest BCUT2D eigenvalue weighted by atomic mass is 19.1. The second-order valence-corrected chi connectivity index (χ2v) is 7.96. The molecule has 1 aliphatic carbocycles. The number of aliphatic hydroxyl groups excluding tert-OH is 1. The molecule has 1 saturated carbocycles. The summed E-state index contributed by atoms with van der Waals surface area (Å²) in [6, 6.07) is 8.54. The number of nitrogens with zero attached hydrogens (tertiary/aromatic N) is 5. The lowest BCUT2D eigenvalue weighted by Gasteiger charge is -2.41. The summed E-state index contributed by atoms with van der Waals surface area (Å²) >= 11 is 0. The third kappa shape index (κ3) is 3.93. The zero-order chi connectivity index (χ0) is 20.5. The van der Waals surface area contributed by atoms with Gasteiger partial charge in [0.1, 0.15) is 6.23 Å². The van der Waals surface area contributed by atoms with Crippen LogP contribution in [-0.4, -0.2) is 50.1 Å². The van der Waals surface area contributed by atoms with Crippen LogP contribution in [0.25, 0.3) is 11.3 Å². The minimum Gasteiger partial charge on any atom is -0.444 e. The molecule has 1 aromatic carbocycles.